The van der Waals surface area contributed by atoms with E-state index in [-0.39, 0.29) is 6.61 Å². The molecule has 0 spiro atoms. The lowest BCUT2D eigenvalue weighted by atomic mass is 9.82. The highest BCUT2D eigenvalue weighted by atomic mass is 16.5. The molecule has 1 aromatic rings. The van der Waals surface area contributed by atoms with Gasteiger partial charge in [0.05, 0.1) is 7.11 Å². The minimum atomic E-state index is 0.222. The van der Waals surface area contributed by atoms with Gasteiger partial charge in [-0.2, -0.15) is 0 Å². The Hall–Kier alpha value is -1.02. The maximum atomic E-state index is 9.18. The van der Waals surface area contributed by atoms with E-state index in [2.05, 4.69) is 19.1 Å². The third-order valence-corrected chi connectivity index (χ3v) is 4.28. The van der Waals surface area contributed by atoms with Gasteiger partial charge in [0.1, 0.15) is 5.75 Å². The molecule has 19 heavy (non-hydrogen) atoms. The third kappa shape index (κ3) is 3.30. The molecular weight excluding hydrogens is 236 g/mol. The summed E-state index contributed by atoms with van der Waals surface area (Å²) in [4.78, 5) is 0. The summed E-state index contributed by atoms with van der Waals surface area (Å²) >= 11 is 0. The molecule has 2 rings (SSSR count). The maximum Gasteiger partial charge on any atom is 0.125 e. The standard InChI is InChI=1S/C17H26O2/c1-3-14-11-13(9-10-18)12-16(17(14)19-2)15-7-5-4-6-8-15/h11-12,15,18H,3-10H2,1-2H3. The van der Waals surface area contributed by atoms with Crippen molar-refractivity contribution in [3.8, 4) is 5.75 Å². The molecular formula is C17H26O2. The van der Waals surface area contributed by atoms with Gasteiger partial charge < -0.3 is 9.84 Å². The fraction of sp³-hybridized carbons (Fsp3) is 0.647. The van der Waals surface area contributed by atoms with Gasteiger partial charge >= 0.3 is 0 Å². The minimum absolute atomic E-state index is 0.222. The third-order valence-electron chi connectivity index (χ3n) is 4.28. The molecule has 1 aliphatic carbocycles. The van der Waals surface area contributed by atoms with Crippen LogP contribution in [0.3, 0.4) is 0 Å². The van der Waals surface area contributed by atoms with Crippen molar-refractivity contribution in [1.82, 2.24) is 0 Å². The second kappa shape index (κ2) is 6.95. The fourth-order valence-electron chi connectivity index (χ4n) is 3.28. The summed E-state index contributed by atoms with van der Waals surface area (Å²) in [6, 6.07) is 4.46. The van der Waals surface area contributed by atoms with E-state index in [1.54, 1.807) is 7.11 Å². The molecule has 0 aromatic heterocycles. The van der Waals surface area contributed by atoms with Gasteiger partial charge in [-0.3, -0.25) is 0 Å². The van der Waals surface area contributed by atoms with E-state index in [4.69, 9.17) is 4.74 Å². The van der Waals surface area contributed by atoms with E-state index in [0.717, 1.165) is 18.6 Å². The molecule has 0 radical (unpaired) electrons. The number of ether oxygens (including phenoxy) is 1. The quantitative estimate of drug-likeness (QED) is 0.873. The molecule has 0 unspecified atom stereocenters. The fourth-order valence-corrected chi connectivity index (χ4v) is 3.28. The lowest BCUT2D eigenvalue weighted by Gasteiger charge is -2.26. The van der Waals surface area contributed by atoms with Crippen LogP contribution in [0.15, 0.2) is 12.1 Å². The molecule has 0 bridgehead atoms. The topological polar surface area (TPSA) is 29.5 Å². The molecule has 106 valence electrons. The monoisotopic (exact) mass is 262 g/mol. The van der Waals surface area contributed by atoms with Gasteiger partial charge in [0.25, 0.3) is 0 Å². The van der Waals surface area contributed by atoms with Crippen LogP contribution in [0.25, 0.3) is 0 Å². The number of aryl methyl sites for hydroxylation is 1. The van der Waals surface area contributed by atoms with Gasteiger partial charge in [0.15, 0.2) is 0 Å². The van der Waals surface area contributed by atoms with Gasteiger partial charge in [-0.25, -0.2) is 0 Å². The molecule has 0 saturated heterocycles. The first-order valence-electron chi connectivity index (χ1n) is 7.60. The Kier molecular flexibility index (Phi) is 5.26. The van der Waals surface area contributed by atoms with Gasteiger partial charge in [0, 0.05) is 6.61 Å². The Balaban J connectivity index is 2.39. The number of hydrogen-bond donors (Lipinski definition) is 1. The first kappa shape index (κ1) is 14.4. The van der Waals surface area contributed by atoms with E-state index < -0.39 is 0 Å². The molecule has 0 heterocycles. The highest BCUT2D eigenvalue weighted by Crippen LogP contribution is 2.40. The highest BCUT2D eigenvalue weighted by Gasteiger charge is 2.21. The molecule has 0 aliphatic heterocycles. The molecule has 0 atom stereocenters. The average Bonchev–Trinajstić information content (AvgIpc) is 2.47. The van der Waals surface area contributed by atoms with Crippen LogP contribution < -0.4 is 4.74 Å². The Labute approximate surface area is 116 Å². The largest absolute Gasteiger partial charge is 0.496 e. The highest BCUT2D eigenvalue weighted by molar-refractivity contribution is 5.47. The lowest BCUT2D eigenvalue weighted by Crippen LogP contribution is -2.09. The van der Waals surface area contributed by atoms with Crippen molar-refractivity contribution in [1.29, 1.82) is 0 Å². The van der Waals surface area contributed by atoms with E-state index in [9.17, 15) is 5.11 Å². The second-order valence-electron chi connectivity index (χ2n) is 5.54. The molecule has 2 nitrogen and oxygen atoms in total. The van der Waals surface area contributed by atoms with Crippen LogP contribution >= 0.6 is 0 Å². The Morgan fingerprint density at radius 2 is 1.95 bits per heavy atom. The van der Waals surface area contributed by atoms with E-state index in [1.807, 2.05) is 0 Å². The summed E-state index contributed by atoms with van der Waals surface area (Å²) < 4.78 is 5.69. The summed E-state index contributed by atoms with van der Waals surface area (Å²) in [7, 11) is 1.78. The van der Waals surface area contributed by atoms with Crippen molar-refractivity contribution in [3.05, 3.63) is 28.8 Å². The number of aliphatic hydroxyl groups excluding tert-OH is 1. The first-order chi connectivity index (χ1) is 9.30. The minimum Gasteiger partial charge on any atom is -0.496 e. The van der Waals surface area contributed by atoms with Crippen LogP contribution in [-0.2, 0) is 12.8 Å². The van der Waals surface area contributed by atoms with E-state index in [0.29, 0.717) is 5.92 Å². The predicted molar refractivity (Wildman–Crippen MR) is 79.0 cm³/mol. The van der Waals surface area contributed by atoms with Crippen molar-refractivity contribution in [2.45, 2.75) is 57.8 Å². The van der Waals surface area contributed by atoms with Gasteiger partial charge in [-0.1, -0.05) is 38.3 Å². The summed E-state index contributed by atoms with van der Waals surface area (Å²) in [6.45, 7) is 2.39. The Morgan fingerprint density at radius 3 is 2.53 bits per heavy atom. The molecule has 1 aliphatic rings. The van der Waals surface area contributed by atoms with Crippen LogP contribution in [-0.4, -0.2) is 18.8 Å². The maximum absolute atomic E-state index is 9.18. The lowest BCUT2D eigenvalue weighted by molar-refractivity contribution is 0.299. The summed E-state index contributed by atoms with van der Waals surface area (Å²) in [5.74, 6) is 1.74. The zero-order chi connectivity index (χ0) is 13.7. The normalized spacial score (nSPS) is 16.6. The van der Waals surface area contributed by atoms with Gasteiger partial charge in [-0.05, 0) is 48.3 Å². The predicted octanol–water partition coefficient (Wildman–Crippen LogP) is 3.84. The first-order valence-corrected chi connectivity index (χ1v) is 7.60. The molecule has 0 amide bonds. The van der Waals surface area contributed by atoms with E-state index in [1.165, 1.54) is 48.8 Å². The van der Waals surface area contributed by atoms with E-state index >= 15 is 0 Å². The van der Waals surface area contributed by atoms with Gasteiger partial charge in [-0.15, -0.1) is 0 Å². The van der Waals surface area contributed by atoms with Crippen LogP contribution in [0.5, 0.6) is 5.75 Å². The number of benzene rings is 1. The van der Waals surface area contributed by atoms with Crippen LogP contribution in [0.2, 0.25) is 0 Å². The van der Waals surface area contributed by atoms with Crippen molar-refractivity contribution in [3.63, 3.8) is 0 Å². The molecule has 1 N–H and O–H groups in total. The van der Waals surface area contributed by atoms with Crippen molar-refractivity contribution < 1.29 is 9.84 Å². The Morgan fingerprint density at radius 1 is 1.21 bits per heavy atom. The Bertz CT molecular complexity index is 406. The van der Waals surface area contributed by atoms with Crippen LogP contribution in [0.4, 0.5) is 0 Å². The average molecular weight is 262 g/mol. The number of aliphatic hydroxyl groups is 1. The van der Waals surface area contributed by atoms with Crippen molar-refractivity contribution in [2.75, 3.05) is 13.7 Å². The SMILES string of the molecule is CCc1cc(CCO)cc(C2CCCCC2)c1OC. The zero-order valence-corrected chi connectivity index (χ0v) is 12.2. The smallest absolute Gasteiger partial charge is 0.125 e. The number of rotatable bonds is 5. The molecule has 2 heteroatoms. The summed E-state index contributed by atoms with van der Waals surface area (Å²) in [5, 5.41) is 9.18. The molecule has 1 fully saturated rings. The summed E-state index contributed by atoms with van der Waals surface area (Å²) in [6.07, 6.45) is 8.33. The van der Waals surface area contributed by atoms with Crippen molar-refractivity contribution >= 4 is 0 Å². The van der Waals surface area contributed by atoms with Crippen molar-refractivity contribution in [2.24, 2.45) is 0 Å². The van der Waals surface area contributed by atoms with Crippen LogP contribution in [0.1, 0.15) is 61.6 Å². The zero-order valence-electron chi connectivity index (χ0n) is 12.2. The molecule has 1 aromatic carbocycles. The second-order valence-corrected chi connectivity index (χ2v) is 5.54. The number of methoxy groups -OCH3 is 1. The summed E-state index contributed by atoms with van der Waals surface area (Å²) in [5.41, 5.74) is 3.92. The van der Waals surface area contributed by atoms with Crippen LogP contribution in [0, 0.1) is 0 Å². The number of hydrogen-bond acceptors (Lipinski definition) is 2. The van der Waals surface area contributed by atoms with Gasteiger partial charge in [0.2, 0.25) is 0 Å². The molecule has 1 saturated carbocycles.